The van der Waals surface area contributed by atoms with Crippen LogP contribution in [0.3, 0.4) is 0 Å². The molecule has 0 unspecified atom stereocenters. The number of nitrogens with zero attached hydrogens (tertiary/aromatic N) is 3. The van der Waals surface area contributed by atoms with Gasteiger partial charge in [0.15, 0.2) is 0 Å². The smallest absolute Gasteiger partial charge is 0.322 e. The van der Waals surface area contributed by atoms with E-state index in [0.29, 0.717) is 31.1 Å². The Morgan fingerprint density at radius 1 is 1.10 bits per heavy atom. The first-order chi connectivity index (χ1) is 9.81. The van der Waals surface area contributed by atoms with Crippen LogP contribution in [0.4, 0.5) is 11.9 Å². The zero-order valence-corrected chi connectivity index (χ0v) is 12.2. The summed E-state index contributed by atoms with van der Waals surface area (Å²) < 4.78 is 10.6. The van der Waals surface area contributed by atoms with E-state index in [9.17, 15) is 0 Å². The largest absolute Gasteiger partial charge is 0.467 e. The number of hydrogen-bond acceptors (Lipinski definition) is 7. The molecule has 1 fully saturated rings. The summed E-state index contributed by atoms with van der Waals surface area (Å²) in [5.41, 5.74) is 0. The van der Waals surface area contributed by atoms with Crippen LogP contribution in [-0.4, -0.2) is 48.4 Å². The molecule has 112 valence electrons. The van der Waals surface area contributed by atoms with Crippen molar-refractivity contribution in [2.24, 2.45) is 5.92 Å². The minimum Gasteiger partial charge on any atom is -0.467 e. The Hall–Kier alpha value is -1.63. The lowest BCUT2D eigenvalue weighted by Gasteiger charge is -2.09. The number of anilines is 2. The third-order valence-corrected chi connectivity index (χ3v) is 2.91. The molecular formula is C13H23N5O2. The van der Waals surface area contributed by atoms with Gasteiger partial charge in [-0.3, -0.25) is 0 Å². The van der Waals surface area contributed by atoms with Crippen molar-refractivity contribution >= 4 is 11.9 Å². The fourth-order valence-electron chi connectivity index (χ4n) is 1.61. The highest BCUT2D eigenvalue weighted by Gasteiger charge is 2.20. The Labute approximate surface area is 119 Å². The molecule has 0 saturated heterocycles. The maximum atomic E-state index is 5.55. The number of hydrogen-bond donors (Lipinski definition) is 2. The van der Waals surface area contributed by atoms with E-state index in [-0.39, 0.29) is 0 Å². The van der Waals surface area contributed by atoms with Gasteiger partial charge >= 0.3 is 6.01 Å². The highest BCUT2D eigenvalue weighted by atomic mass is 16.5. The molecule has 1 heterocycles. The minimum absolute atomic E-state index is 0.306. The monoisotopic (exact) mass is 281 g/mol. The van der Waals surface area contributed by atoms with Gasteiger partial charge in [-0.15, -0.1) is 0 Å². The number of methoxy groups -OCH3 is 1. The van der Waals surface area contributed by atoms with Crippen LogP contribution in [0.1, 0.15) is 26.2 Å². The number of nitrogens with one attached hydrogen (secondary N) is 2. The Kier molecular flexibility index (Phi) is 5.79. The fraction of sp³-hybridized carbons (Fsp3) is 0.769. The molecule has 0 atom stereocenters. The van der Waals surface area contributed by atoms with Crippen molar-refractivity contribution in [2.45, 2.75) is 26.2 Å². The van der Waals surface area contributed by atoms with E-state index in [2.05, 4.69) is 32.5 Å². The second-order valence-corrected chi connectivity index (χ2v) is 4.84. The second-order valence-electron chi connectivity index (χ2n) is 4.84. The van der Waals surface area contributed by atoms with Gasteiger partial charge < -0.3 is 20.1 Å². The first-order valence-corrected chi connectivity index (χ1v) is 7.17. The van der Waals surface area contributed by atoms with Crippen LogP contribution in [-0.2, 0) is 4.74 Å². The lowest BCUT2D eigenvalue weighted by Crippen LogP contribution is -2.14. The summed E-state index contributed by atoms with van der Waals surface area (Å²) in [6.45, 7) is 5.10. The molecule has 0 radical (unpaired) electrons. The van der Waals surface area contributed by atoms with Crippen molar-refractivity contribution in [3.63, 3.8) is 0 Å². The van der Waals surface area contributed by atoms with Gasteiger partial charge in [0.2, 0.25) is 11.9 Å². The van der Waals surface area contributed by atoms with Crippen molar-refractivity contribution in [3.05, 3.63) is 0 Å². The van der Waals surface area contributed by atoms with Crippen molar-refractivity contribution in [1.82, 2.24) is 15.0 Å². The summed E-state index contributed by atoms with van der Waals surface area (Å²) in [5.74, 6) is 1.82. The standard InChI is InChI=1S/C13H23N5O2/c1-3-6-14-11-16-12(18-13(17-11)19-2)15-7-8-20-9-10-4-5-10/h10H,3-9H2,1-2H3,(H2,14,15,16,17,18). The van der Waals surface area contributed by atoms with E-state index < -0.39 is 0 Å². The molecule has 1 aliphatic carbocycles. The quantitative estimate of drug-likeness (QED) is 0.629. The van der Waals surface area contributed by atoms with Gasteiger partial charge in [0.1, 0.15) is 0 Å². The molecule has 7 heteroatoms. The molecule has 0 aromatic carbocycles. The maximum absolute atomic E-state index is 5.55. The van der Waals surface area contributed by atoms with Gasteiger partial charge in [0.25, 0.3) is 0 Å². The van der Waals surface area contributed by atoms with Crippen LogP contribution < -0.4 is 15.4 Å². The summed E-state index contributed by atoms with van der Waals surface area (Å²) in [4.78, 5) is 12.6. The predicted molar refractivity (Wildman–Crippen MR) is 77.2 cm³/mol. The van der Waals surface area contributed by atoms with Crippen LogP contribution in [0.2, 0.25) is 0 Å². The van der Waals surface area contributed by atoms with Crippen molar-refractivity contribution in [3.8, 4) is 6.01 Å². The molecule has 7 nitrogen and oxygen atoms in total. The average Bonchev–Trinajstić information content (AvgIpc) is 3.28. The van der Waals surface area contributed by atoms with Crippen molar-refractivity contribution in [2.75, 3.05) is 44.0 Å². The Balaban J connectivity index is 1.78. The number of rotatable bonds is 10. The third kappa shape index (κ3) is 5.16. The summed E-state index contributed by atoms with van der Waals surface area (Å²) in [5, 5.41) is 6.24. The Morgan fingerprint density at radius 2 is 1.80 bits per heavy atom. The van der Waals surface area contributed by atoms with Crippen LogP contribution in [0, 0.1) is 5.92 Å². The summed E-state index contributed by atoms with van der Waals surface area (Å²) >= 11 is 0. The number of aromatic nitrogens is 3. The Bertz CT molecular complexity index is 412. The summed E-state index contributed by atoms with van der Waals surface area (Å²) in [6.07, 6.45) is 3.63. The highest BCUT2D eigenvalue weighted by Crippen LogP contribution is 2.28. The first kappa shape index (κ1) is 14.8. The van der Waals surface area contributed by atoms with Crippen LogP contribution in [0.5, 0.6) is 6.01 Å². The number of ether oxygens (including phenoxy) is 2. The molecule has 0 spiro atoms. The molecule has 2 rings (SSSR count). The molecule has 1 aromatic heterocycles. The fourth-order valence-corrected chi connectivity index (χ4v) is 1.61. The van der Waals surface area contributed by atoms with Gasteiger partial charge in [-0.2, -0.15) is 15.0 Å². The van der Waals surface area contributed by atoms with Crippen molar-refractivity contribution in [1.29, 1.82) is 0 Å². The predicted octanol–water partition coefficient (Wildman–Crippen LogP) is 1.54. The lowest BCUT2D eigenvalue weighted by atomic mass is 10.5. The summed E-state index contributed by atoms with van der Waals surface area (Å²) in [6, 6.07) is 0.306. The zero-order valence-electron chi connectivity index (χ0n) is 12.2. The van der Waals surface area contributed by atoms with Gasteiger partial charge in [0.05, 0.1) is 13.7 Å². The Morgan fingerprint density at radius 3 is 2.40 bits per heavy atom. The third-order valence-electron chi connectivity index (χ3n) is 2.91. The highest BCUT2D eigenvalue weighted by molar-refractivity contribution is 5.35. The van der Waals surface area contributed by atoms with Gasteiger partial charge in [-0.05, 0) is 25.2 Å². The van der Waals surface area contributed by atoms with E-state index >= 15 is 0 Å². The lowest BCUT2D eigenvalue weighted by molar-refractivity contribution is 0.133. The van der Waals surface area contributed by atoms with Gasteiger partial charge in [0, 0.05) is 19.7 Å². The minimum atomic E-state index is 0.306. The van der Waals surface area contributed by atoms with Crippen molar-refractivity contribution < 1.29 is 9.47 Å². The van der Waals surface area contributed by atoms with Crippen LogP contribution >= 0.6 is 0 Å². The second kappa shape index (κ2) is 7.84. The molecule has 1 saturated carbocycles. The molecule has 2 N–H and O–H groups in total. The SMILES string of the molecule is CCCNc1nc(NCCOCC2CC2)nc(OC)n1. The van der Waals surface area contributed by atoms with Gasteiger partial charge in [-0.25, -0.2) is 0 Å². The van der Waals surface area contributed by atoms with Gasteiger partial charge in [-0.1, -0.05) is 6.92 Å². The van der Waals surface area contributed by atoms with E-state index in [1.807, 2.05) is 0 Å². The van der Waals surface area contributed by atoms with Crippen LogP contribution in [0.15, 0.2) is 0 Å². The molecule has 0 amide bonds. The molecule has 1 aromatic rings. The molecule has 0 bridgehead atoms. The molecule has 1 aliphatic rings. The molecule has 20 heavy (non-hydrogen) atoms. The topological polar surface area (TPSA) is 81.2 Å². The van der Waals surface area contributed by atoms with Crippen LogP contribution in [0.25, 0.3) is 0 Å². The van der Waals surface area contributed by atoms with E-state index in [1.165, 1.54) is 12.8 Å². The normalized spacial score (nSPS) is 14.1. The zero-order chi connectivity index (χ0) is 14.2. The maximum Gasteiger partial charge on any atom is 0.322 e. The average molecular weight is 281 g/mol. The van der Waals surface area contributed by atoms with E-state index in [1.54, 1.807) is 7.11 Å². The summed E-state index contributed by atoms with van der Waals surface area (Å²) in [7, 11) is 1.54. The first-order valence-electron chi connectivity index (χ1n) is 7.17. The molecular weight excluding hydrogens is 258 g/mol. The van der Waals surface area contributed by atoms with E-state index in [4.69, 9.17) is 9.47 Å². The van der Waals surface area contributed by atoms with E-state index in [0.717, 1.165) is 25.5 Å². The molecule has 0 aliphatic heterocycles.